The van der Waals surface area contributed by atoms with E-state index in [1.54, 1.807) is 0 Å². The Morgan fingerprint density at radius 2 is 0.667 bits per heavy atom. The van der Waals surface area contributed by atoms with Crippen molar-refractivity contribution in [2.24, 2.45) is 0 Å². The van der Waals surface area contributed by atoms with Crippen molar-refractivity contribution >= 4 is 29.5 Å². The molecule has 0 aliphatic carbocycles. The van der Waals surface area contributed by atoms with Crippen molar-refractivity contribution in [2.45, 2.75) is 249 Å². The second-order valence-electron chi connectivity index (χ2n) is 19.1. The maximum absolute atomic E-state index is 13.5. The Hall–Kier alpha value is 11.4. The topological polar surface area (TPSA) is 339 Å². The normalized spacial score (nSPS) is 13.5. The predicted molar refractivity (Wildman–Crippen MR) is 270 cm³/mol. The molecule has 10 radical (unpaired) electrons. The second kappa shape index (κ2) is 82.0. The van der Waals surface area contributed by atoms with Gasteiger partial charge in [-0.1, -0.05) is 168 Å². The van der Waals surface area contributed by atoms with Crippen LogP contribution in [0, 0.1) is 441 Å². The number of amides is 5. The van der Waals surface area contributed by atoms with E-state index < -0.39 is 91.7 Å². The number of hydrogen-bond acceptors (Lipinski definition) is 15. The molecule has 5 amide bonds. The zero-order valence-electron chi connectivity index (χ0n) is 49.2. The van der Waals surface area contributed by atoms with Gasteiger partial charge in [-0.3, -0.25) is 24.0 Å². The van der Waals surface area contributed by atoms with Crippen LogP contribution >= 0.6 is 0 Å². The zero-order valence-corrected chi connectivity index (χ0v) is 96.6. The molecule has 0 aliphatic heterocycles. The van der Waals surface area contributed by atoms with Gasteiger partial charge < -0.3 is 77.2 Å². The first-order valence-corrected chi connectivity index (χ1v) is 27.1. The fourth-order valence-electron chi connectivity index (χ4n) is 8.13. The number of hydrogen-bond donors (Lipinski definition) is 14. The number of rotatable bonds is 48. The SMILES string of the molecule is CCCCCCCCCCCCCCCCCCCCCCC(NC(=O)CCC(=O)N(CCNC(=O)[C@@H](O)[C@H](O)[C@@H](O)[C@H](O)CO)CCNC(=O)[C@H](O)[C@@H](O)[C@H](O)[C@H](O)CO)C(=O)NCCCCCCC.[Ac].[Ac].[Ac].[Ac].[Ac].[Ac].[Ac].[Ac].[Ac].[Ac]. The third kappa shape index (κ3) is 64.5. The van der Waals surface area contributed by atoms with Gasteiger partial charge >= 0.3 is 0 Å². The molecule has 0 aromatic rings. The Balaban J connectivity index is -0.000000544. The van der Waals surface area contributed by atoms with Crippen molar-refractivity contribution in [3.63, 3.8) is 0 Å². The number of carbonyl (C=O) groups is 5. The number of nitrogens with one attached hydrogen (secondary N) is 4. The summed E-state index contributed by atoms with van der Waals surface area (Å²) in [7, 11) is 0. The number of carbonyl (C=O) groups excluding carboxylic acids is 5. The van der Waals surface area contributed by atoms with Crippen LogP contribution in [-0.4, -0.2) is 186 Å². The third-order valence-electron chi connectivity index (χ3n) is 12.9. The molecule has 0 fully saturated rings. The summed E-state index contributed by atoms with van der Waals surface area (Å²) in [4.78, 5) is 66.3. The van der Waals surface area contributed by atoms with Gasteiger partial charge in [0.15, 0.2) is 12.2 Å². The quantitative estimate of drug-likeness (QED) is 0.0384. The summed E-state index contributed by atoms with van der Waals surface area (Å²) < 4.78 is 0. The van der Waals surface area contributed by atoms with Gasteiger partial charge in [-0.2, -0.15) is 0 Å². The number of aliphatic hydroxyl groups is 10. The summed E-state index contributed by atoms with van der Waals surface area (Å²) in [6.45, 7) is 1.61. The molecule has 0 aromatic carbocycles. The summed E-state index contributed by atoms with van der Waals surface area (Å²) in [5.41, 5.74) is 0. The van der Waals surface area contributed by atoms with E-state index >= 15 is 0 Å². The van der Waals surface area contributed by atoms with Crippen LogP contribution < -0.4 is 21.3 Å². The van der Waals surface area contributed by atoms with Crippen LogP contribution in [0.2, 0.25) is 0 Å². The first-order valence-electron chi connectivity index (χ1n) is 27.1. The molecule has 9 atom stereocenters. The van der Waals surface area contributed by atoms with Gasteiger partial charge in [-0.15, -0.1) is 0 Å². The van der Waals surface area contributed by atoms with E-state index in [4.69, 9.17) is 10.2 Å². The summed E-state index contributed by atoms with van der Waals surface area (Å²) in [6, 6.07) is -0.817. The first kappa shape index (κ1) is 116. The molecule has 0 bridgehead atoms. The van der Waals surface area contributed by atoms with Crippen LogP contribution in [0.4, 0.5) is 0 Å². The minimum atomic E-state index is -2.25. The molecule has 0 saturated carbocycles. The fraction of sp³-hybridized carbons (Fsp3) is 0.902. The molecule has 448 valence electrons. The van der Waals surface area contributed by atoms with Crippen molar-refractivity contribution in [1.29, 1.82) is 0 Å². The summed E-state index contributed by atoms with van der Waals surface area (Å²) >= 11 is 0. The van der Waals surface area contributed by atoms with E-state index in [-0.39, 0.29) is 486 Å². The molecule has 20 nitrogen and oxygen atoms in total. The molecule has 0 rings (SSSR count). The zero-order chi connectivity index (χ0) is 53.2. The monoisotopic (exact) mass is 3290 g/mol. The molecule has 14 N–H and O–H groups in total. The molecule has 30 heteroatoms. The van der Waals surface area contributed by atoms with Gasteiger partial charge in [-0.25, -0.2) is 0 Å². The minimum Gasteiger partial charge on any atom is -0.394 e. The van der Waals surface area contributed by atoms with Crippen LogP contribution in [0.25, 0.3) is 0 Å². The van der Waals surface area contributed by atoms with Crippen molar-refractivity contribution < 1.29 is 516 Å². The fourth-order valence-corrected chi connectivity index (χ4v) is 8.13. The van der Waals surface area contributed by atoms with Crippen molar-refractivity contribution in [3.05, 3.63) is 0 Å². The van der Waals surface area contributed by atoms with Crippen LogP contribution in [0.3, 0.4) is 0 Å². The van der Waals surface area contributed by atoms with Gasteiger partial charge in [0, 0.05) is 486 Å². The number of unbranched alkanes of at least 4 members (excludes halogenated alkanes) is 23. The van der Waals surface area contributed by atoms with E-state index in [1.165, 1.54) is 96.3 Å². The molecule has 0 aromatic heterocycles. The molecule has 0 spiro atoms. The van der Waals surface area contributed by atoms with Crippen molar-refractivity contribution in [3.8, 4) is 0 Å². The minimum absolute atomic E-state index is 0. The van der Waals surface area contributed by atoms with E-state index in [1.807, 2.05) is 0 Å². The number of aliphatic hydroxyl groups excluding tert-OH is 10. The predicted octanol–water partition coefficient (Wildman–Crippen LogP) is 1.48. The van der Waals surface area contributed by atoms with Gasteiger partial charge in [-0.05, 0) is 12.8 Å². The van der Waals surface area contributed by atoms with Gasteiger partial charge in [0.05, 0.1) is 13.2 Å². The Labute approximate surface area is 844 Å². The molecule has 0 aliphatic rings. The maximum Gasteiger partial charge on any atom is 0.251 e. The van der Waals surface area contributed by atoms with Crippen LogP contribution in [-0.2, 0) is 24.0 Å². The molecule has 81 heavy (non-hydrogen) atoms. The Morgan fingerprint density at radius 1 is 0.370 bits per heavy atom. The van der Waals surface area contributed by atoms with Crippen LogP contribution in [0.5, 0.6) is 0 Å². The molecule has 0 saturated heterocycles. The summed E-state index contributed by atoms with van der Waals surface area (Å²) in [6.07, 6.45) is 12.9. The van der Waals surface area contributed by atoms with E-state index in [0.717, 1.165) is 69.1 Å². The van der Waals surface area contributed by atoms with E-state index in [9.17, 15) is 64.8 Å². The summed E-state index contributed by atoms with van der Waals surface area (Å²) in [5, 5.41) is 108. The van der Waals surface area contributed by atoms with Gasteiger partial charge in [0.25, 0.3) is 11.8 Å². The standard InChI is InChI=1S/C51H99N5O15.10Ac/c1-3-5-7-9-10-11-12-13-14-15-16-17-18-19-20-21-22-23-24-26-28-38(49(69)52-31-27-25-8-6-4-2)55-41(61)29-30-42(62)56(34-32-53-50(70)47(67)45(65)43(63)39(59)36-57)35-33-54-51(71)48(68)46(66)44(64)40(60)37-58;;;;;;;;;;/h38-40,43-48,57-60,63-68H,3-37H2,1-2H3,(H,52,69)(H,53,70)(H,54,71)(H,55,61);;;;;;;;;;/t38?,39-,40-,43-,44+,45+,46-,47-,48+;;;;;;;;;;/m1........../s1. The van der Waals surface area contributed by atoms with E-state index in [0.29, 0.717) is 13.0 Å². The Kier molecular flexibility index (Phi) is 118. The third-order valence-corrected chi connectivity index (χ3v) is 12.9. The second-order valence-corrected chi connectivity index (χ2v) is 19.1. The molecular weight excluding hydrogens is 3190 g/mol. The number of nitrogens with zero attached hydrogens (tertiary/aromatic N) is 1. The smallest absolute Gasteiger partial charge is 0.251 e. The summed E-state index contributed by atoms with van der Waals surface area (Å²) in [5.74, 6) is -3.91. The molecular formula is C51H99Ac10N5O15. The van der Waals surface area contributed by atoms with Crippen LogP contribution in [0.1, 0.15) is 194 Å². The van der Waals surface area contributed by atoms with Gasteiger partial charge in [0.1, 0.15) is 42.7 Å². The van der Waals surface area contributed by atoms with Crippen LogP contribution in [0.15, 0.2) is 0 Å². The van der Waals surface area contributed by atoms with Crippen molar-refractivity contribution in [1.82, 2.24) is 26.2 Å². The first-order chi connectivity index (χ1) is 34.1. The maximum atomic E-state index is 13.5. The average molecular weight is 3290 g/mol. The van der Waals surface area contributed by atoms with E-state index in [2.05, 4.69) is 35.1 Å². The molecule has 0 heterocycles. The Morgan fingerprint density at radius 3 is 0.988 bits per heavy atom. The molecule has 1 unspecified atom stereocenters. The Bertz CT molecular complexity index is 1370. The van der Waals surface area contributed by atoms with Gasteiger partial charge in [0.2, 0.25) is 17.7 Å². The average Bonchev–Trinajstić information content (AvgIpc) is 3.37. The van der Waals surface area contributed by atoms with Crippen molar-refractivity contribution in [2.75, 3.05) is 45.9 Å². The largest absolute Gasteiger partial charge is 0.394 e.